The number of hydrogen-bond acceptors (Lipinski definition) is 8. The zero-order valence-corrected chi connectivity index (χ0v) is 24.3. The quantitative estimate of drug-likeness (QED) is 0.131. The number of rotatable bonds is 14. The van der Waals surface area contributed by atoms with Crippen LogP contribution < -0.4 is 10.1 Å². The SMILES string of the molecule is CCCCOP(=O)(OCCCC)C(NC(=O)c1ccccc1Oc1nc2nc(C)cc(C)n2n1)c1ccccc1. The lowest BCUT2D eigenvalue weighted by molar-refractivity contribution is 0.0933. The summed E-state index contributed by atoms with van der Waals surface area (Å²) in [5, 5.41) is 7.31. The maximum absolute atomic E-state index is 14.2. The predicted molar refractivity (Wildman–Crippen MR) is 153 cm³/mol. The maximum Gasteiger partial charge on any atom is 0.357 e. The van der Waals surface area contributed by atoms with Crippen molar-refractivity contribution in [2.24, 2.45) is 0 Å². The van der Waals surface area contributed by atoms with Crippen molar-refractivity contribution in [1.29, 1.82) is 0 Å². The van der Waals surface area contributed by atoms with E-state index in [1.807, 2.05) is 52.0 Å². The first-order valence-electron chi connectivity index (χ1n) is 13.6. The van der Waals surface area contributed by atoms with Crippen LogP contribution in [0.5, 0.6) is 11.8 Å². The first-order chi connectivity index (χ1) is 19.3. The van der Waals surface area contributed by atoms with Crippen LogP contribution in [-0.4, -0.2) is 38.7 Å². The van der Waals surface area contributed by atoms with Crippen molar-refractivity contribution < 1.29 is 23.1 Å². The topological polar surface area (TPSA) is 117 Å². The highest BCUT2D eigenvalue weighted by Crippen LogP contribution is 2.60. The van der Waals surface area contributed by atoms with Crippen LogP contribution in [0, 0.1) is 13.8 Å². The number of amides is 1. The van der Waals surface area contributed by atoms with Gasteiger partial charge in [0.05, 0.1) is 18.8 Å². The fourth-order valence-corrected chi connectivity index (χ4v) is 6.03. The smallest absolute Gasteiger partial charge is 0.357 e. The third-order valence-electron chi connectivity index (χ3n) is 6.17. The summed E-state index contributed by atoms with van der Waals surface area (Å²) in [6.07, 6.45) is 3.17. The van der Waals surface area contributed by atoms with Crippen molar-refractivity contribution in [3.63, 3.8) is 0 Å². The van der Waals surface area contributed by atoms with Gasteiger partial charge in [0, 0.05) is 11.4 Å². The van der Waals surface area contributed by atoms with Gasteiger partial charge in [-0.2, -0.15) is 9.50 Å². The number of nitrogens with zero attached hydrogens (tertiary/aromatic N) is 4. The molecule has 0 bridgehead atoms. The van der Waals surface area contributed by atoms with Gasteiger partial charge in [0.25, 0.3) is 11.7 Å². The van der Waals surface area contributed by atoms with Gasteiger partial charge in [-0.05, 0) is 50.5 Å². The molecule has 0 aliphatic heterocycles. The number of aryl methyl sites for hydroxylation is 2. The molecule has 1 unspecified atom stereocenters. The van der Waals surface area contributed by atoms with Gasteiger partial charge in [-0.3, -0.25) is 9.36 Å². The van der Waals surface area contributed by atoms with E-state index in [4.69, 9.17) is 13.8 Å². The molecule has 212 valence electrons. The lowest BCUT2D eigenvalue weighted by atomic mass is 10.1. The van der Waals surface area contributed by atoms with Crippen LogP contribution in [-0.2, 0) is 13.6 Å². The van der Waals surface area contributed by atoms with Gasteiger partial charge in [-0.25, -0.2) is 4.98 Å². The minimum absolute atomic E-state index is 0.0533. The zero-order valence-electron chi connectivity index (χ0n) is 23.4. The van der Waals surface area contributed by atoms with Crippen molar-refractivity contribution in [2.75, 3.05) is 13.2 Å². The second-order valence-electron chi connectivity index (χ2n) is 9.44. The highest BCUT2D eigenvalue weighted by atomic mass is 31.2. The highest BCUT2D eigenvalue weighted by molar-refractivity contribution is 7.54. The molecule has 10 nitrogen and oxygen atoms in total. The first-order valence-corrected chi connectivity index (χ1v) is 15.2. The summed E-state index contributed by atoms with van der Waals surface area (Å²) < 4.78 is 33.6. The molecule has 0 saturated heterocycles. The first kappa shape index (κ1) is 29.4. The maximum atomic E-state index is 14.2. The highest BCUT2D eigenvalue weighted by Gasteiger charge is 2.39. The van der Waals surface area contributed by atoms with Crippen LogP contribution in [0.3, 0.4) is 0 Å². The van der Waals surface area contributed by atoms with Crippen LogP contribution in [0.1, 0.15) is 72.6 Å². The summed E-state index contributed by atoms with van der Waals surface area (Å²) >= 11 is 0. The van der Waals surface area contributed by atoms with Crippen molar-refractivity contribution in [1.82, 2.24) is 24.9 Å². The number of carbonyl (C=O) groups is 1. The summed E-state index contributed by atoms with van der Waals surface area (Å²) in [4.78, 5) is 22.5. The molecule has 11 heteroatoms. The predicted octanol–water partition coefficient (Wildman–Crippen LogP) is 6.79. The van der Waals surface area contributed by atoms with Gasteiger partial charge >= 0.3 is 13.6 Å². The van der Waals surface area contributed by atoms with Crippen LogP contribution in [0.4, 0.5) is 0 Å². The Morgan fingerprint density at radius 2 is 1.60 bits per heavy atom. The Hall–Kier alpha value is -3.59. The number of para-hydroxylation sites is 1. The minimum Gasteiger partial charge on any atom is -0.422 e. The van der Waals surface area contributed by atoms with E-state index < -0.39 is 19.3 Å². The van der Waals surface area contributed by atoms with Crippen LogP contribution >= 0.6 is 7.60 Å². The molecule has 0 spiro atoms. The lowest BCUT2D eigenvalue weighted by Crippen LogP contribution is -2.30. The number of carbonyl (C=O) groups excluding carboxylic acids is 1. The Balaban J connectivity index is 1.65. The molecule has 1 amide bonds. The largest absolute Gasteiger partial charge is 0.422 e. The summed E-state index contributed by atoms with van der Waals surface area (Å²) in [7, 11) is -3.81. The summed E-state index contributed by atoms with van der Waals surface area (Å²) in [6, 6.07) is 17.8. The van der Waals surface area contributed by atoms with Gasteiger partial charge in [-0.1, -0.05) is 69.2 Å². The Morgan fingerprint density at radius 1 is 0.950 bits per heavy atom. The van der Waals surface area contributed by atoms with E-state index >= 15 is 0 Å². The van der Waals surface area contributed by atoms with E-state index in [1.165, 1.54) is 0 Å². The summed E-state index contributed by atoms with van der Waals surface area (Å²) in [5.41, 5.74) is 2.49. The lowest BCUT2D eigenvalue weighted by Gasteiger charge is -2.28. The van der Waals surface area contributed by atoms with Gasteiger partial charge in [0.2, 0.25) is 0 Å². The molecule has 1 atom stereocenters. The molecule has 0 fully saturated rings. The fraction of sp³-hybridized carbons (Fsp3) is 0.379. The molecule has 2 aromatic heterocycles. The Labute approximate surface area is 234 Å². The third-order valence-corrected chi connectivity index (χ3v) is 8.31. The van der Waals surface area contributed by atoms with Gasteiger partial charge in [0.15, 0.2) is 5.78 Å². The molecule has 2 aromatic carbocycles. The molecule has 40 heavy (non-hydrogen) atoms. The van der Waals surface area contributed by atoms with Crippen LogP contribution in [0.15, 0.2) is 60.7 Å². The summed E-state index contributed by atoms with van der Waals surface area (Å²) in [5.74, 6) is -0.887. The Bertz CT molecular complexity index is 1460. The van der Waals surface area contributed by atoms with Crippen molar-refractivity contribution in [2.45, 2.75) is 59.2 Å². The molecule has 0 aliphatic carbocycles. The molecule has 2 heterocycles. The second-order valence-corrected chi connectivity index (χ2v) is 11.6. The van der Waals surface area contributed by atoms with E-state index in [0.29, 0.717) is 24.2 Å². The average molecular weight is 566 g/mol. The van der Waals surface area contributed by atoms with Crippen LogP contribution in [0.25, 0.3) is 5.78 Å². The average Bonchev–Trinajstić information content (AvgIpc) is 3.35. The number of aromatic nitrogens is 4. The number of nitrogens with one attached hydrogen (secondary N) is 1. The van der Waals surface area contributed by atoms with E-state index in [9.17, 15) is 9.36 Å². The monoisotopic (exact) mass is 565 g/mol. The van der Waals surface area contributed by atoms with Gasteiger partial charge < -0.3 is 19.1 Å². The molecule has 1 N–H and O–H groups in total. The molecular formula is C29H36N5O5P. The second kappa shape index (κ2) is 13.7. The normalized spacial score (nSPS) is 12.4. The molecule has 0 aliphatic rings. The molecular weight excluding hydrogens is 529 g/mol. The standard InChI is InChI=1S/C29H36N5O5P/c1-5-7-18-37-40(36,38-19-8-6-2)27(23-14-10-9-11-15-23)31-26(35)24-16-12-13-17-25(24)39-29-32-28-30-21(3)20-22(4)34(28)33-29/h9-17,20,27H,5-8,18-19H2,1-4H3,(H,31,35). The van der Waals surface area contributed by atoms with E-state index in [1.54, 1.807) is 40.9 Å². The fourth-order valence-electron chi connectivity index (χ4n) is 4.07. The van der Waals surface area contributed by atoms with E-state index in [2.05, 4.69) is 20.4 Å². The Morgan fingerprint density at radius 3 is 2.27 bits per heavy atom. The summed E-state index contributed by atoms with van der Waals surface area (Å²) in [6.45, 7) is 8.33. The van der Waals surface area contributed by atoms with E-state index in [0.717, 1.165) is 24.2 Å². The third kappa shape index (κ3) is 7.13. The van der Waals surface area contributed by atoms with Gasteiger partial charge in [0.1, 0.15) is 5.75 Å². The number of ether oxygens (including phenoxy) is 1. The van der Waals surface area contributed by atoms with Crippen LogP contribution in [0.2, 0.25) is 0 Å². The molecule has 0 saturated carbocycles. The number of unbranched alkanes of at least 4 members (excludes halogenated alkanes) is 2. The minimum atomic E-state index is -3.81. The zero-order chi connectivity index (χ0) is 28.5. The van der Waals surface area contributed by atoms with E-state index in [-0.39, 0.29) is 30.5 Å². The van der Waals surface area contributed by atoms with Crippen molar-refractivity contribution in [3.05, 3.63) is 83.2 Å². The molecule has 4 rings (SSSR count). The molecule has 0 radical (unpaired) electrons. The number of hydrogen-bond donors (Lipinski definition) is 1. The van der Waals surface area contributed by atoms with Crippen molar-refractivity contribution >= 4 is 19.3 Å². The van der Waals surface area contributed by atoms with Gasteiger partial charge in [-0.15, -0.1) is 5.10 Å². The number of benzene rings is 2. The number of fused-ring (bicyclic) bond motifs is 1. The molecule has 4 aromatic rings. The Kier molecular flexibility index (Phi) is 10.0. The van der Waals surface area contributed by atoms with Crippen molar-refractivity contribution in [3.8, 4) is 11.8 Å².